The highest BCUT2D eigenvalue weighted by molar-refractivity contribution is 5.54. The smallest absolute Gasteiger partial charge is 0.146 e. The first kappa shape index (κ1) is 11.9. The van der Waals surface area contributed by atoms with E-state index in [1.54, 1.807) is 6.20 Å². The van der Waals surface area contributed by atoms with Crippen LogP contribution in [-0.4, -0.2) is 42.1 Å². The lowest BCUT2D eigenvalue weighted by Crippen LogP contribution is -2.55. The first-order valence-electron chi connectivity index (χ1n) is 5.95. The van der Waals surface area contributed by atoms with Crippen molar-refractivity contribution in [1.82, 2.24) is 9.88 Å². The van der Waals surface area contributed by atoms with Crippen molar-refractivity contribution >= 4 is 5.82 Å². The van der Waals surface area contributed by atoms with E-state index in [9.17, 15) is 0 Å². The van der Waals surface area contributed by atoms with Crippen molar-refractivity contribution in [2.45, 2.75) is 25.9 Å². The van der Waals surface area contributed by atoms with Gasteiger partial charge in [0.1, 0.15) is 11.9 Å². The molecule has 0 N–H and O–H groups in total. The van der Waals surface area contributed by atoms with E-state index in [4.69, 9.17) is 5.26 Å². The van der Waals surface area contributed by atoms with Gasteiger partial charge in [-0.2, -0.15) is 5.26 Å². The number of hydrogen-bond donors (Lipinski definition) is 0. The molecule has 1 fully saturated rings. The zero-order chi connectivity index (χ0) is 12.4. The maximum atomic E-state index is 9.11. The van der Waals surface area contributed by atoms with Crippen LogP contribution in [0.15, 0.2) is 18.3 Å². The third-order valence-electron chi connectivity index (χ3n) is 3.57. The molecule has 0 aromatic carbocycles. The third kappa shape index (κ3) is 2.25. The van der Waals surface area contributed by atoms with E-state index in [1.807, 2.05) is 12.1 Å². The maximum Gasteiger partial charge on any atom is 0.146 e. The van der Waals surface area contributed by atoms with Crippen LogP contribution in [0.5, 0.6) is 0 Å². The Labute approximate surface area is 102 Å². The molecule has 2 heterocycles. The molecular formula is C13H18N4. The standard InChI is InChI=1S/C13H18N4/c1-10-8-17(9-11(2)16(10)3)13-12(7-14)5-4-6-15-13/h4-6,10-11H,8-9H2,1-3H3/t10-,11+. The molecule has 17 heavy (non-hydrogen) atoms. The lowest BCUT2D eigenvalue weighted by Gasteiger charge is -2.43. The maximum absolute atomic E-state index is 9.11. The van der Waals surface area contributed by atoms with E-state index in [0.29, 0.717) is 17.6 Å². The van der Waals surface area contributed by atoms with Crippen LogP contribution in [0.3, 0.4) is 0 Å². The van der Waals surface area contributed by atoms with E-state index in [1.165, 1.54) is 0 Å². The molecule has 0 saturated carbocycles. The molecule has 0 bridgehead atoms. The van der Waals surface area contributed by atoms with Crippen molar-refractivity contribution in [3.8, 4) is 6.07 Å². The first-order valence-corrected chi connectivity index (χ1v) is 5.95. The minimum absolute atomic E-state index is 0.479. The van der Waals surface area contributed by atoms with E-state index < -0.39 is 0 Å². The average Bonchev–Trinajstić information content (AvgIpc) is 2.35. The van der Waals surface area contributed by atoms with Crippen molar-refractivity contribution < 1.29 is 0 Å². The van der Waals surface area contributed by atoms with Gasteiger partial charge < -0.3 is 4.90 Å². The zero-order valence-corrected chi connectivity index (χ0v) is 10.6. The Morgan fingerprint density at radius 2 is 2.00 bits per heavy atom. The summed E-state index contributed by atoms with van der Waals surface area (Å²) in [5, 5.41) is 9.11. The number of pyridine rings is 1. The van der Waals surface area contributed by atoms with Gasteiger partial charge in [0.05, 0.1) is 5.56 Å². The summed E-state index contributed by atoms with van der Waals surface area (Å²) in [5.74, 6) is 0.821. The molecule has 1 aromatic heterocycles. The summed E-state index contributed by atoms with van der Waals surface area (Å²) in [4.78, 5) is 8.93. The molecule has 0 unspecified atom stereocenters. The number of aromatic nitrogens is 1. The zero-order valence-electron chi connectivity index (χ0n) is 10.6. The highest BCUT2D eigenvalue weighted by Crippen LogP contribution is 2.22. The molecule has 2 rings (SSSR count). The fraction of sp³-hybridized carbons (Fsp3) is 0.538. The van der Waals surface area contributed by atoms with Crippen LogP contribution in [0.1, 0.15) is 19.4 Å². The molecule has 1 aromatic rings. The lowest BCUT2D eigenvalue weighted by atomic mass is 10.1. The van der Waals surface area contributed by atoms with Crippen molar-refractivity contribution in [3.63, 3.8) is 0 Å². The Morgan fingerprint density at radius 1 is 1.35 bits per heavy atom. The molecule has 1 aliphatic heterocycles. The van der Waals surface area contributed by atoms with Gasteiger partial charge in [-0.05, 0) is 33.0 Å². The fourth-order valence-electron chi connectivity index (χ4n) is 2.31. The number of nitriles is 1. The summed E-state index contributed by atoms with van der Waals surface area (Å²) in [6.07, 6.45) is 1.75. The Balaban J connectivity index is 2.26. The van der Waals surface area contributed by atoms with Crippen LogP contribution >= 0.6 is 0 Å². The number of hydrogen-bond acceptors (Lipinski definition) is 4. The Bertz CT molecular complexity index is 425. The van der Waals surface area contributed by atoms with Gasteiger partial charge in [0.2, 0.25) is 0 Å². The molecule has 4 nitrogen and oxygen atoms in total. The van der Waals surface area contributed by atoms with Crippen molar-refractivity contribution in [3.05, 3.63) is 23.9 Å². The monoisotopic (exact) mass is 230 g/mol. The van der Waals surface area contributed by atoms with Gasteiger partial charge in [-0.3, -0.25) is 4.90 Å². The van der Waals surface area contributed by atoms with Crippen LogP contribution in [0.25, 0.3) is 0 Å². The molecule has 0 amide bonds. The molecule has 1 saturated heterocycles. The average molecular weight is 230 g/mol. The van der Waals surface area contributed by atoms with Gasteiger partial charge in [-0.25, -0.2) is 4.98 Å². The van der Waals surface area contributed by atoms with Crippen LogP contribution in [0.2, 0.25) is 0 Å². The minimum atomic E-state index is 0.479. The van der Waals surface area contributed by atoms with Crippen molar-refractivity contribution in [2.75, 3.05) is 25.0 Å². The largest absolute Gasteiger partial charge is 0.352 e. The predicted octanol–water partition coefficient (Wildman–Crippen LogP) is 1.48. The Kier molecular flexibility index (Phi) is 3.30. The second-order valence-corrected chi connectivity index (χ2v) is 4.75. The number of piperazine rings is 1. The van der Waals surface area contributed by atoms with Crippen LogP contribution in [0, 0.1) is 11.3 Å². The first-order chi connectivity index (χ1) is 8.13. The highest BCUT2D eigenvalue weighted by atomic mass is 15.3. The normalized spacial score (nSPS) is 25.6. The highest BCUT2D eigenvalue weighted by Gasteiger charge is 2.28. The molecule has 2 atom stereocenters. The quantitative estimate of drug-likeness (QED) is 0.733. The van der Waals surface area contributed by atoms with Gasteiger partial charge in [-0.1, -0.05) is 0 Å². The molecule has 0 spiro atoms. The van der Waals surface area contributed by atoms with Gasteiger partial charge in [0.15, 0.2) is 0 Å². The van der Waals surface area contributed by atoms with Gasteiger partial charge in [-0.15, -0.1) is 0 Å². The van der Waals surface area contributed by atoms with E-state index in [2.05, 4.69) is 41.7 Å². The SMILES string of the molecule is C[C@@H]1CN(c2ncccc2C#N)C[C@H](C)N1C. The second kappa shape index (κ2) is 4.72. The summed E-state index contributed by atoms with van der Waals surface area (Å²) in [6, 6.07) is 6.81. The lowest BCUT2D eigenvalue weighted by molar-refractivity contribution is 0.169. The summed E-state index contributed by atoms with van der Waals surface area (Å²) in [5.41, 5.74) is 0.663. The van der Waals surface area contributed by atoms with Gasteiger partial charge in [0, 0.05) is 31.4 Å². The van der Waals surface area contributed by atoms with Crippen LogP contribution in [-0.2, 0) is 0 Å². The molecule has 90 valence electrons. The number of anilines is 1. The van der Waals surface area contributed by atoms with Crippen LogP contribution in [0.4, 0.5) is 5.82 Å². The molecule has 0 radical (unpaired) electrons. The van der Waals surface area contributed by atoms with E-state index >= 15 is 0 Å². The van der Waals surface area contributed by atoms with Crippen molar-refractivity contribution in [2.24, 2.45) is 0 Å². The molecule has 4 heteroatoms. The topological polar surface area (TPSA) is 43.2 Å². The van der Waals surface area contributed by atoms with Crippen molar-refractivity contribution in [1.29, 1.82) is 5.26 Å². The summed E-state index contributed by atoms with van der Waals surface area (Å²) < 4.78 is 0. The fourth-order valence-corrected chi connectivity index (χ4v) is 2.31. The Hall–Kier alpha value is -1.60. The van der Waals surface area contributed by atoms with E-state index in [0.717, 1.165) is 18.9 Å². The van der Waals surface area contributed by atoms with Gasteiger partial charge >= 0.3 is 0 Å². The molecular weight excluding hydrogens is 212 g/mol. The van der Waals surface area contributed by atoms with Crippen LogP contribution < -0.4 is 4.90 Å². The molecule has 0 aliphatic carbocycles. The van der Waals surface area contributed by atoms with Gasteiger partial charge in [0.25, 0.3) is 0 Å². The second-order valence-electron chi connectivity index (χ2n) is 4.75. The molecule has 1 aliphatic rings. The summed E-state index contributed by atoms with van der Waals surface area (Å²) in [6.45, 7) is 6.26. The number of rotatable bonds is 1. The summed E-state index contributed by atoms with van der Waals surface area (Å²) >= 11 is 0. The summed E-state index contributed by atoms with van der Waals surface area (Å²) in [7, 11) is 2.15. The minimum Gasteiger partial charge on any atom is -0.352 e. The number of nitrogens with zero attached hydrogens (tertiary/aromatic N) is 4. The predicted molar refractivity (Wildman–Crippen MR) is 67.9 cm³/mol. The Morgan fingerprint density at radius 3 is 2.59 bits per heavy atom. The number of likely N-dealkylation sites (N-methyl/N-ethyl adjacent to an activating group) is 1. The van der Waals surface area contributed by atoms with E-state index in [-0.39, 0.29) is 0 Å². The third-order valence-corrected chi connectivity index (χ3v) is 3.57.